The zero-order valence-corrected chi connectivity index (χ0v) is 16.6. The van der Waals surface area contributed by atoms with Crippen LogP contribution in [0.3, 0.4) is 0 Å². The molecule has 0 aromatic carbocycles. The molecule has 1 unspecified atom stereocenters. The van der Waals surface area contributed by atoms with Crippen molar-refractivity contribution in [3.05, 3.63) is 90.2 Å². The van der Waals surface area contributed by atoms with Crippen molar-refractivity contribution in [2.24, 2.45) is 4.99 Å². The molecule has 0 spiro atoms. The number of allylic oxidation sites excluding steroid dienone is 1. The Labute approximate surface area is 168 Å². The van der Waals surface area contributed by atoms with E-state index in [9.17, 15) is 9.59 Å². The first-order valence-electron chi connectivity index (χ1n) is 8.47. The monoisotopic (exact) mass is 412 g/mol. The minimum Gasteiger partial charge on any atom is -0.465 e. The predicted octanol–water partition coefficient (Wildman–Crippen LogP) is 2.62. The molecule has 4 rings (SSSR count). The Balaban J connectivity index is 1.92. The van der Waals surface area contributed by atoms with E-state index in [4.69, 9.17) is 9.15 Å². The van der Waals surface area contributed by atoms with Crippen LogP contribution in [0.4, 0.5) is 0 Å². The van der Waals surface area contributed by atoms with Gasteiger partial charge in [-0.2, -0.15) is 0 Å². The fourth-order valence-corrected chi connectivity index (χ4v) is 4.86. The summed E-state index contributed by atoms with van der Waals surface area (Å²) in [5.41, 5.74) is 0.680. The van der Waals surface area contributed by atoms with Crippen LogP contribution in [-0.4, -0.2) is 17.1 Å². The largest absolute Gasteiger partial charge is 0.465 e. The van der Waals surface area contributed by atoms with Crippen LogP contribution in [0.2, 0.25) is 0 Å². The number of carbonyl (C=O) groups excluding carboxylic acids is 1. The fraction of sp³-hybridized carbons (Fsp3) is 0.150. The molecule has 28 heavy (non-hydrogen) atoms. The van der Waals surface area contributed by atoms with Crippen molar-refractivity contribution in [1.82, 2.24) is 4.57 Å². The van der Waals surface area contributed by atoms with Gasteiger partial charge in [-0.25, -0.2) is 9.79 Å². The summed E-state index contributed by atoms with van der Waals surface area (Å²) >= 11 is 2.74. The van der Waals surface area contributed by atoms with E-state index >= 15 is 0 Å². The number of thiazole rings is 1. The van der Waals surface area contributed by atoms with Crippen LogP contribution in [0.1, 0.15) is 23.6 Å². The third-order valence-corrected chi connectivity index (χ3v) is 6.11. The number of hydrogen-bond donors (Lipinski definition) is 0. The molecule has 0 aliphatic carbocycles. The average molecular weight is 412 g/mol. The van der Waals surface area contributed by atoms with Crippen molar-refractivity contribution in [3.8, 4) is 0 Å². The van der Waals surface area contributed by atoms with Crippen LogP contribution in [0, 0.1) is 0 Å². The molecule has 0 N–H and O–H groups in total. The van der Waals surface area contributed by atoms with E-state index in [1.54, 1.807) is 36.0 Å². The van der Waals surface area contributed by atoms with Crippen LogP contribution in [-0.2, 0) is 9.53 Å². The number of esters is 1. The van der Waals surface area contributed by atoms with E-state index in [2.05, 4.69) is 11.6 Å². The molecular weight excluding hydrogens is 396 g/mol. The Morgan fingerprint density at radius 1 is 1.43 bits per heavy atom. The van der Waals surface area contributed by atoms with Gasteiger partial charge in [-0.15, -0.1) is 11.3 Å². The van der Waals surface area contributed by atoms with Gasteiger partial charge in [0.05, 0.1) is 22.1 Å². The molecule has 3 aromatic rings. The van der Waals surface area contributed by atoms with E-state index in [0.29, 0.717) is 26.4 Å². The van der Waals surface area contributed by atoms with Crippen LogP contribution < -0.4 is 14.9 Å². The van der Waals surface area contributed by atoms with Crippen molar-refractivity contribution < 1.29 is 13.9 Å². The number of aromatic nitrogens is 1. The predicted molar refractivity (Wildman–Crippen MR) is 108 cm³/mol. The topological polar surface area (TPSA) is 73.8 Å². The summed E-state index contributed by atoms with van der Waals surface area (Å²) in [4.78, 5) is 31.9. The second kappa shape index (κ2) is 7.57. The maximum Gasteiger partial charge on any atom is 0.338 e. The Morgan fingerprint density at radius 3 is 2.96 bits per heavy atom. The van der Waals surface area contributed by atoms with Crippen LogP contribution in [0.5, 0.6) is 0 Å². The molecule has 1 atom stereocenters. The summed E-state index contributed by atoms with van der Waals surface area (Å²) in [5, 5.41) is 1.91. The molecule has 0 radical (unpaired) electrons. The van der Waals surface area contributed by atoms with Gasteiger partial charge in [-0.05, 0) is 30.5 Å². The lowest BCUT2D eigenvalue weighted by molar-refractivity contribution is -0.138. The number of furan rings is 1. The zero-order valence-electron chi connectivity index (χ0n) is 15.0. The zero-order chi connectivity index (χ0) is 19.7. The number of ether oxygens (including phenoxy) is 1. The summed E-state index contributed by atoms with van der Waals surface area (Å²) in [6, 6.07) is 6.75. The van der Waals surface area contributed by atoms with Crippen molar-refractivity contribution in [3.63, 3.8) is 0 Å². The third kappa shape index (κ3) is 3.21. The molecule has 0 saturated carbocycles. The lowest BCUT2D eigenvalue weighted by atomic mass is 10.0. The van der Waals surface area contributed by atoms with Gasteiger partial charge in [0.1, 0.15) is 18.4 Å². The van der Waals surface area contributed by atoms with Gasteiger partial charge in [0.25, 0.3) is 5.56 Å². The molecule has 0 fully saturated rings. The fourth-order valence-electron chi connectivity index (χ4n) is 3.01. The maximum absolute atomic E-state index is 13.2. The summed E-state index contributed by atoms with van der Waals surface area (Å²) in [7, 11) is 0. The smallest absolute Gasteiger partial charge is 0.338 e. The Bertz CT molecular complexity index is 1230. The molecule has 0 bridgehead atoms. The van der Waals surface area contributed by atoms with E-state index in [0.717, 1.165) is 4.88 Å². The number of hydrogen-bond acceptors (Lipinski definition) is 7. The number of rotatable bonds is 5. The summed E-state index contributed by atoms with van der Waals surface area (Å²) in [5.74, 6) is 0.0825. The first-order valence-corrected chi connectivity index (χ1v) is 10.2. The Hall–Kier alpha value is -2.97. The lowest BCUT2D eigenvalue weighted by Crippen LogP contribution is -2.39. The lowest BCUT2D eigenvalue weighted by Gasteiger charge is -2.23. The SMILES string of the molecule is C=CCOC(=O)C1=C(C)N=c2sc(=Cc3ccco3)c(=O)n2C1c1cccs1. The van der Waals surface area contributed by atoms with Gasteiger partial charge in [0, 0.05) is 11.0 Å². The molecule has 0 amide bonds. The van der Waals surface area contributed by atoms with Crippen LogP contribution >= 0.6 is 22.7 Å². The van der Waals surface area contributed by atoms with E-state index < -0.39 is 12.0 Å². The second-order valence-electron chi connectivity index (χ2n) is 6.00. The first-order chi connectivity index (χ1) is 13.6. The number of fused-ring (bicyclic) bond motifs is 1. The molecule has 142 valence electrons. The molecule has 1 aliphatic heterocycles. The highest BCUT2D eigenvalue weighted by atomic mass is 32.1. The van der Waals surface area contributed by atoms with E-state index in [-0.39, 0.29) is 12.2 Å². The maximum atomic E-state index is 13.2. The summed E-state index contributed by atoms with van der Waals surface area (Å²) < 4.78 is 12.6. The molecule has 3 aromatic heterocycles. The van der Waals surface area contributed by atoms with Crippen LogP contribution in [0.15, 0.2) is 74.0 Å². The molecule has 1 aliphatic rings. The van der Waals surface area contributed by atoms with Crippen molar-refractivity contribution in [2.75, 3.05) is 6.61 Å². The minimum atomic E-state index is -0.577. The molecule has 0 saturated heterocycles. The van der Waals surface area contributed by atoms with Gasteiger partial charge in [0.2, 0.25) is 0 Å². The molecule has 4 heterocycles. The third-order valence-electron chi connectivity index (χ3n) is 4.20. The standard InChI is InChI=1S/C20H16N2O4S2/c1-3-8-26-19(24)16-12(2)21-20-22(17(16)14-7-5-10-27-14)18(23)15(28-20)11-13-6-4-9-25-13/h3-7,9-11,17H,1,8H2,2H3. The van der Waals surface area contributed by atoms with Crippen molar-refractivity contribution in [1.29, 1.82) is 0 Å². The van der Waals surface area contributed by atoms with Crippen LogP contribution in [0.25, 0.3) is 6.08 Å². The molecule has 6 nitrogen and oxygen atoms in total. The highest BCUT2D eigenvalue weighted by Gasteiger charge is 2.33. The van der Waals surface area contributed by atoms with Gasteiger partial charge in [-0.1, -0.05) is 30.1 Å². The second-order valence-corrected chi connectivity index (χ2v) is 7.99. The van der Waals surface area contributed by atoms with E-state index in [1.807, 2.05) is 17.5 Å². The quantitative estimate of drug-likeness (QED) is 0.477. The van der Waals surface area contributed by atoms with Gasteiger partial charge in [-0.3, -0.25) is 9.36 Å². The first kappa shape index (κ1) is 18.4. The van der Waals surface area contributed by atoms with Gasteiger partial charge < -0.3 is 9.15 Å². The number of nitrogens with zero attached hydrogens (tertiary/aromatic N) is 2. The average Bonchev–Trinajstić information content (AvgIpc) is 3.42. The Kier molecular flexibility index (Phi) is 4.97. The highest BCUT2D eigenvalue weighted by Crippen LogP contribution is 2.33. The number of thiophene rings is 1. The summed E-state index contributed by atoms with van der Waals surface area (Å²) in [6.45, 7) is 5.42. The van der Waals surface area contributed by atoms with Gasteiger partial charge >= 0.3 is 5.97 Å². The Morgan fingerprint density at radius 2 is 2.29 bits per heavy atom. The number of carbonyl (C=O) groups is 1. The molecule has 8 heteroatoms. The normalized spacial score (nSPS) is 16.6. The minimum absolute atomic E-state index is 0.0929. The summed E-state index contributed by atoms with van der Waals surface area (Å²) in [6.07, 6.45) is 4.74. The molecular formula is C20H16N2O4S2. The van der Waals surface area contributed by atoms with Crippen molar-refractivity contribution >= 4 is 34.7 Å². The van der Waals surface area contributed by atoms with Gasteiger partial charge in [0.15, 0.2) is 4.80 Å². The highest BCUT2D eigenvalue weighted by molar-refractivity contribution is 7.10. The van der Waals surface area contributed by atoms with Crippen molar-refractivity contribution in [2.45, 2.75) is 13.0 Å². The van der Waals surface area contributed by atoms with E-state index in [1.165, 1.54) is 28.7 Å².